The van der Waals surface area contributed by atoms with E-state index in [4.69, 9.17) is 5.73 Å². The Balaban J connectivity index is 2.71. The third-order valence-electron chi connectivity index (χ3n) is 2.11. The van der Waals surface area contributed by atoms with Crippen molar-refractivity contribution in [2.45, 2.75) is 11.8 Å². The maximum absolute atomic E-state index is 5.92. The van der Waals surface area contributed by atoms with Crippen LogP contribution in [-0.4, -0.2) is 10.7 Å². The van der Waals surface area contributed by atoms with Gasteiger partial charge in [-0.3, -0.25) is 4.98 Å². The lowest BCUT2D eigenvalue weighted by Gasteiger charge is -2.06. The number of halogens is 1. The van der Waals surface area contributed by atoms with Gasteiger partial charge in [-0.2, -0.15) is 0 Å². The van der Waals surface area contributed by atoms with Gasteiger partial charge in [-0.25, -0.2) is 0 Å². The predicted octanol–water partition coefficient (Wildman–Crippen LogP) is 3.69. The van der Waals surface area contributed by atoms with Crippen molar-refractivity contribution in [2.75, 3.05) is 11.5 Å². The topological polar surface area (TPSA) is 38.9 Å². The molecule has 1 heterocycles. The number of pyridine rings is 1. The highest BCUT2D eigenvalue weighted by molar-refractivity contribution is 9.10. The third-order valence-corrected chi connectivity index (χ3v) is 3.48. The minimum atomic E-state index is 0.777. The number of aromatic nitrogens is 1. The van der Waals surface area contributed by atoms with Gasteiger partial charge in [0.25, 0.3) is 0 Å². The molecule has 0 amide bonds. The fraction of sp³-hybridized carbons (Fsp3) is 0.182. The van der Waals surface area contributed by atoms with Gasteiger partial charge in [-0.15, -0.1) is 11.8 Å². The fourth-order valence-corrected chi connectivity index (χ4v) is 2.57. The molecule has 2 nitrogen and oxygen atoms in total. The summed E-state index contributed by atoms with van der Waals surface area (Å²) < 4.78 is 0.959. The molecule has 4 heteroatoms. The van der Waals surface area contributed by atoms with E-state index in [1.165, 1.54) is 4.90 Å². The second-order valence-electron chi connectivity index (χ2n) is 3.14. The molecule has 1 aromatic carbocycles. The van der Waals surface area contributed by atoms with Crippen LogP contribution in [0.25, 0.3) is 10.9 Å². The van der Waals surface area contributed by atoms with Crippen LogP contribution in [0.1, 0.15) is 6.92 Å². The van der Waals surface area contributed by atoms with Crippen molar-refractivity contribution in [3.63, 3.8) is 0 Å². The molecule has 0 atom stereocenters. The summed E-state index contributed by atoms with van der Waals surface area (Å²) in [5.74, 6) is 1.04. The van der Waals surface area contributed by atoms with Crippen LogP contribution in [0.3, 0.4) is 0 Å². The molecule has 0 spiro atoms. The largest absolute Gasteiger partial charge is 0.398 e. The van der Waals surface area contributed by atoms with Crippen LogP contribution in [0, 0.1) is 0 Å². The number of hydrogen-bond donors (Lipinski definition) is 1. The summed E-state index contributed by atoms with van der Waals surface area (Å²) >= 11 is 5.19. The summed E-state index contributed by atoms with van der Waals surface area (Å²) in [5, 5.41) is 1.02. The summed E-state index contributed by atoms with van der Waals surface area (Å²) in [4.78, 5) is 5.60. The molecule has 0 radical (unpaired) electrons. The predicted molar refractivity (Wildman–Crippen MR) is 70.3 cm³/mol. The van der Waals surface area contributed by atoms with E-state index in [-0.39, 0.29) is 0 Å². The summed E-state index contributed by atoms with van der Waals surface area (Å²) in [7, 11) is 0. The van der Waals surface area contributed by atoms with Crippen LogP contribution in [-0.2, 0) is 0 Å². The Morgan fingerprint density at radius 3 is 3.00 bits per heavy atom. The highest BCUT2D eigenvalue weighted by Crippen LogP contribution is 2.31. The number of nitrogens with zero attached hydrogens (tertiary/aromatic N) is 1. The van der Waals surface area contributed by atoms with E-state index >= 15 is 0 Å². The minimum Gasteiger partial charge on any atom is -0.398 e. The molecule has 0 aliphatic heterocycles. The van der Waals surface area contributed by atoms with E-state index in [0.29, 0.717) is 0 Å². The molecular weight excluding hydrogens is 272 g/mol. The Hall–Kier alpha value is -0.740. The van der Waals surface area contributed by atoms with Gasteiger partial charge in [0.1, 0.15) is 0 Å². The van der Waals surface area contributed by atoms with Crippen molar-refractivity contribution in [3.8, 4) is 0 Å². The summed E-state index contributed by atoms with van der Waals surface area (Å²) in [6.45, 7) is 2.13. The Kier molecular flexibility index (Phi) is 3.17. The zero-order valence-electron chi connectivity index (χ0n) is 8.33. The third kappa shape index (κ3) is 2.11. The lowest BCUT2D eigenvalue weighted by Crippen LogP contribution is -1.90. The number of hydrogen-bond acceptors (Lipinski definition) is 3. The van der Waals surface area contributed by atoms with Gasteiger partial charge < -0.3 is 5.73 Å². The monoisotopic (exact) mass is 282 g/mol. The van der Waals surface area contributed by atoms with Gasteiger partial charge >= 0.3 is 0 Å². The smallest absolute Gasteiger partial charge is 0.0859 e. The Bertz CT molecular complexity index is 499. The number of anilines is 1. The zero-order chi connectivity index (χ0) is 10.8. The molecule has 1 aromatic heterocycles. The highest BCUT2D eigenvalue weighted by Gasteiger charge is 2.05. The molecule has 2 N–H and O–H groups in total. The first-order chi connectivity index (χ1) is 7.22. The van der Waals surface area contributed by atoms with Gasteiger partial charge in [-0.1, -0.05) is 6.92 Å². The molecule has 0 bridgehead atoms. The van der Waals surface area contributed by atoms with E-state index in [1.807, 2.05) is 24.4 Å². The maximum atomic E-state index is 5.92. The molecule has 0 fully saturated rings. The van der Waals surface area contributed by atoms with E-state index in [1.54, 1.807) is 11.8 Å². The molecule has 15 heavy (non-hydrogen) atoms. The number of rotatable bonds is 2. The number of fused-ring (bicyclic) bond motifs is 1. The van der Waals surface area contributed by atoms with Crippen LogP contribution in [0.4, 0.5) is 5.69 Å². The van der Waals surface area contributed by atoms with Crippen molar-refractivity contribution in [1.82, 2.24) is 4.98 Å². The maximum Gasteiger partial charge on any atom is 0.0859 e. The molecular formula is C11H11BrN2S. The van der Waals surface area contributed by atoms with Crippen LogP contribution in [0.15, 0.2) is 33.8 Å². The zero-order valence-corrected chi connectivity index (χ0v) is 10.7. The average molecular weight is 283 g/mol. The van der Waals surface area contributed by atoms with Crippen molar-refractivity contribution < 1.29 is 0 Å². The molecule has 2 rings (SSSR count). The van der Waals surface area contributed by atoms with Crippen molar-refractivity contribution >= 4 is 44.3 Å². The van der Waals surface area contributed by atoms with Crippen LogP contribution in [0.5, 0.6) is 0 Å². The molecule has 78 valence electrons. The number of nitrogens with two attached hydrogens (primary N) is 1. The summed E-state index contributed by atoms with van der Waals surface area (Å²) in [6, 6.07) is 5.98. The molecule has 0 aliphatic carbocycles. The second kappa shape index (κ2) is 4.41. The number of nitrogen functional groups attached to an aromatic ring is 1. The molecule has 0 unspecified atom stereocenters. The Labute approximate surface area is 101 Å². The van der Waals surface area contributed by atoms with Gasteiger partial charge in [0.15, 0.2) is 0 Å². The molecule has 0 saturated heterocycles. The molecule has 0 saturated carbocycles. The summed E-state index contributed by atoms with van der Waals surface area (Å²) in [6.07, 6.45) is 1.81. The van der Waals surface area contributed by atoms with Crippen molar-refractivity contribution in [1.29, 1.82) is 0 Å². The van der Waals surface area contributed by atoms with E-state index < -0.39 is 0 Å². The highest BCUT2D eigenvalue weighted by atomic mass is 79.9. The first kappa shape index (κ1) is 10.8. The van der Waals surface area contributed by atoms with Crippen LogP contribution < -0.4 is 5.73 Å². The van der Waals surface area contributed by atoms with Gasteiger partial charge in [0.05, 0.1) is 5.52 Å². The van der Waals surface area contributed by atoms with Crippen LogP contribution >= 0.6 is 27.7 Å². The number of benzene rings is 1. The first-order valence-electron chi connectivity index (χ1n) is 4.69. The van der Waals surface area contributed by atoms with Gasteiger partial charge in [-0.05, 0) is 39.9 Å². The summed E-state index contributed by atoms with van der Waals surface area (Å²) in [5.41, 5.74) is 7.69. The lowest BCUT2D eigenvalue weighted by molar-refractivity contribution is 1.33. The Morgan fingerprint density at radius 2 is 2.27 bits per heavy atom. The van der Waals surface area contributed by atoms with Crippen molar-refractivity contribution in [2.24, 2.45) is 0 Å². The second-order valence-corrected chi connectivity index (χ2v) is 5.36. The number of thioether (sulfide) groups is 1. The average Bonchev–Trinajstić information content (AvgIpc) is 2.23. The Morgan fingerprint density at radius 1 is 1.47 bits per heavy atom. The lowest BCUT2D eigenvalue weighted by atomic mass is 10.2. The van der Waals surface area contributed by atoms with E-state index in [9.17, 15) is 0 Å². The fourth-order valence-electron chi connectivity index (χ4n) is 1.46. The van der Waals surface area contributed by atoms with Crippen molar-refractivity contribution in [3.05, 3.63) is 28.9 Å². The van der Waals surface area contributed by atoms with Gasteiger partial charge in [0.2, 0.25) is 0 Å². The quantitative estimate of drug-likeness (QED) is 0.674. The minimum absolute atomic E-state index is 0.777. The molecule has 2 aromatic rings. The van der Waals surface area contributed by atoms with E-state index in [2.05, 4.69) is 27.8 Å². The molecule has 0 aliphatic rings. The SMILES string of the molecule is CCSc1ccc(N)c2cc(Br)cnc12. The van der Waals surface area contributed by atoms with Crippen LogP contribution in [0.2, 0.25) is 0 Å². The van der Waals surface area contributed by atoms with Gasteiger partial charge in [0, 0.05) is 26.6 Å². The normalized spacial score (nSPS) is 10.8. The van der Waals surface area contributed by atoms with E-state index in [0.717, 1.165) is 26.8 Å². The standard InChI is InChI=1S/C11H11BrN2S/c1-2-15-10-4-3-9(13)8-5-7(12)6-14-11(8)10/h3-6H,2,13H2,1H3. The first-order valence-corrected chi connectivity index (χ1v) is 6.46.